The Morgan fingerprint density at radius 3 is 2.44 bits per heavy atom. The first-order valence-electron chi connectivity index (χ1n) is 4.40. The van der Waals surface area contributed by atoms with Gasteiger partial charge < -0.3 is 19.9 Å². The lowest BCUT2D eigenvalue weighted by molar-refractivity contribution is -0.107. The lowest BCUT2D eigenvalue weighted by Gasteiger charge is -2.14. The van der Waals surface area contributed by atoms with Crippen LogP contribution in [0.25, 0.3) is 0 Å². The number of ether oxygens (including phenoxy) is 3. The molecule has 0 unspecified atom stereocenters. The molecule has 0 saturated heterocycles. The van der Waals surface area contributed by atoms with Crippen LogP contribution < -0.4 is 10.5 Å². The van der Waals surface area contributed by atoms with Crippen LogP contribution in [0.3, 0.4) is 0 Å². The number of amides is 1. The summed E-state index contributed by atoms with van der Waals surface area (Å²) in [4.78, 5) is 10.4. The Labute approximate surface area is 91.9 Å². The zero-order chi connectivity index (χ0) is 12.1. The number of carbonyl (C=O) groups is 1. The highest BCUT2D eigenvalue weighted by Gasteiger charge is 2.15. The van der Waals surface area contributed by atoms with E-state index in [1.807, 2.05) is 0 Å². The standard InChI is InChI=1S/C10H12FNO4/c1-14-9(15-2)7-4-3-6(5-8(7)11)16-10(12)13/h3-5,9H,1-2H3,(H2,12,13). The van der Waals surface area contributed by atoms with E-state index in [2.05, 4.69) is 4.74 Å². The molecule has 1 aromatic rings. The monoisotopic (exact) mass is 229 g/mol. The maximum atomic E-state index is 13.5. The Bertz CT molecular complexity index is 379. The van der Waals surface area contributed by atoms with Gasteiger partial charge in [0.1, 0.15) is 11.6 Å². The van der Waals surface area contributed by atoms with Gasteiger partial charge in [0.2, 0.25) is 0 Å². The smallest absolute Gasteiger partial charge is 0.409 e. The molecule has 2 N–H and O–H groups in total. The largest absolute Gasteiger partial charge is 0.410 e. The topological polar surface area (TPSA) is 70.8 Å². The molecule has 1 amide bonds. The normalized spacial score (nSPS) is 10.5. The molecular weight excluding hydrogens is 217 g/mol. The van der Waals surface area contributed by atoms with E-state index in [9.17, 15) is 9.18 Å². The summed E-state index contributed by atoms with van der Waals surface area (Å²) in [6.45, 7) is 0. The molecule has 0 aliphatic heterocycles. The quantitative estimate of drug-likeness (QED) is 0.795. The first kappa shape index (κ1) is 12.4. The summed E-state index contributed by atoms with van der Waals surface area (Å²) in [6, 6.07) is 3.82. The molecule has 16 heavy (non-hydrogen) atoms. The SMILES string of the molecule is COC(OC)c1ccc(OC(N)=O)cc1F. The van der Waals surface area contributed by atoms with Crippen molar-refractivity contribution in [3.05, 3.63) is 29.6 Å². The van der Waals surface area contributed by atoms with Crippen LogP contribution in [-0.4, -0.2) is 20.3 Å². The van der Waals surface area contributed by atoms with Crippen molar-refractivity contribution in [2.24, 2.45) is 5.73 Å². The van der Waals surface area contributed by atoms with Crippen LogP contribution in [0.2, 0.25) is 0 Å². The minimum Gasteiger partial charge on any atom is -0.410 e. The molecule has 0 heterocycles. The summed E-state index contributed by atoms with van der Waals surface area (Å²) >= 11 is 0. The van der Waals surface area contributed by atoms with Crippen LogP contribution in [0.4, 0.5) is 9.18 Å². The number of carbonyl (C=O) groups excluding carboxylic acids is 1. The predicted molar refractivity (Wildman–Crippen MR) is 53.4 cm³/mol. The first-order valence-corrected chi connectivity index (χ1v) is 4.40. The molecule has 1 aromatic carbocycles. The van der Waals surface area contributed by atoms with Gasteiger partial charge in [-0.1, -0.05) is 0 Å². The van der Waals surface area contributed by atoms with Crippen LogP contribution in [0, 0.1) is 5.82 Å². The number of methoxy groups -OCH3 is 2. The summed E-state index contributed by atoms with van der Waals surface area (Å²) in [7, 11) is 2.78. The molecule has 0 saturated carbocycles. The van der Waals surface area contributed by atoms with E-state index >= 15 is 0 Å². The molecule has 88 valence electrons. The van der Waals surface area contributed by atoms with E-state index in [-0.39, 0.29) is 11.3 Å². The van der Waals surface area contributed by atoms with Gasteiger partial charge >= 0.3 is 6.09 Å². The van der Waals surface area contributed by atoms with Crippen molar-refractivity contribution < 1.29 is 23.4 Å². The fourth-order valence-electron chi connectivity index (χ4n) is 1.23. The third kappa shape index (κ3) is 2.91. The molecule has 0 aliphatic carbocycles. The highest BCUT2D eigenvalue weighted by molar-refractivity contribution is 5.68. The zero-order valence-electron chi connectivity index (χ0n) is 8.90. The zero-order valence-corrected chi connectivity index (χ0v) is 8.90. The van der Waals surface area contributed by atoms with Crippen LogP contribution in [0.5, 0.6) is 5.75 Å². The number of hydrogen-bond acceptors (Lipinski definition) is 4. The van der Waals surface area contributed by atoms with Crippen molar-refractivity contribution in [1.29, 1.82) is 0 Å². The van der Waals surface area contributed by atoms with E-state index in [0.717, 1.165) is 6.07 Å². The lowest BCUT2D eigenvalue weighted by atomic mass is 10.2. The van der Waals surface area contributed by atoms with Gasteiger partial charge in [-0.25, -0.2) is 9.18 Å². The van der Waals surface area contributed by atoms with E-state index in [1.165, 1.54) is 26.4 Å². The van der Waals surface area contributed by atoms with Crippen molar-refractivity contribution in [1.82, 2.24) is 0 Å². The second kappa shape index (κ2) is 5.43. The van der Waals surface area contributed by atoms with E-state index in [0.29, 0.717) is 0 Å². The molecule has 0 bridgehead atoms. The molecule has 0 radical (unpaired) electrons. The Kier molecular flexibility index (Phi) is 4.21. The lowest BCUT2D eigenvalue weighted by Crippen LogP contribution is -2.16. The highest BCUT2D eigenvalue weighted by atomic mass is 19.1. The van der Waals surface area contributed by atoms with Crippen LogP contribution in [-0.2, 0) is 9.47 Å². The summed E-state index contributed by atoms with van der Waals surface area (Å²) in [6.07, 6.45) is -1.80. The Morgan fingerprint density at radius 2 is 2.00 bits per heavy atom. The summed E-state index contributed by atoms with van der Waals surface area (Å²) in [5.74, 6) is -0.577. The van der Waals surface area contributed by atoms with Gasteiger partial charge in [-0.3, -0.25) is 0 Å². The third-order valence-corrected chi connectivity index (χ3v) is 1.87. The molecule has 0 spiro atoms. The second-order valence-electron chi connectivity index (χ2n) is 2.91. The van der Waals surface area contributed by atoms with Crippen molar-refractivity contribution in [2.45, 2.75) is 6.29 Å². The van der Waals surface area contributed by atoms with Crippen molar-refractivity contribution in [3.63, 3.8) is 0 Å². The fourth-order valence-corrected chi connectivity index (χ4v) is 1.23. The van der Waals surface area contributed by atoms with Gasteiger partial charge in [0.25, 0.3) is 0 Å². The van der Waals surface area contributed by atoms with E-state index in [1.54, 1.807) is 0 Å². The molecular formula is C10H12FNO4. The van der Waals surface area contributed by atoms with E-state index in [4.69, 9.17) is 15.2 Å². The van der Waals surface area contributed by atoms with Crippen molar-refractivity contribution >= 4 is 6.09 Å². The van der Waals surface area contributed by atoms with Crippen molar-refractivity contribution in [2.75, 3.05) is 14.2 Å². The van der Waals surface area contributed by atoms with Crippen LogP contribution in [0.15, 0.2) is 18.2 Å². The van der Waals surface area contributed by atoms with Gasteiger partial charge in [0, 0.05) is 25.8 Å². The summed E-state index contributed by atoms with van der Waals surface area (Å²) in [5.41, 5.74) is 5.00. The number of hydrogen-bond donors (Lipinski definition) is 1. The molecule has 0 aromatic heterocycles. The minimum absolute atomic E-state index is 0.0275. The van der Waals surface area contributed by atoms with Gasteiger partial charge in [-0.05, 0) is 12.1 Å². The van der Waals surface area contributed by atoms with Gasteiger partial charge in [-0.2, -0.15) is 0 Å². The van der Waals surface area contributed by atoms with Crippen LogP contribution >= 0.6 is 0 Å². The number of benzene rings is 1. The van der Waals surface area contributed by atoms with Gasteiger partial charge in [-0.15, -0.1) is 0 Å². The predicted octanol–water partition coefficient (Wildman–Crippen LogP) is 1.57. The first-order chi connectivity index (χ1) is 7.58. The Balaban J connectivity index is 2.94. The Hall–Kier alpha value is -1.66. The molecule has 0 aliphatic rings. The highest BCUT2D eigenvalue weighted by Crippen LogP contribution is 2.24. The van der Waals surface area contributed by atoms with Crippen molar-refractivity contribution in [3.8, 4) is 5.75 Å². The van der Waals surface area contributed by atoms with E-state index < -0.39 is 18.2 Å². The third-order valence-electron chi connectivity index (χ3n) is 1.87. The molecule has 6 heteroatoms. The maximum Gasteiger partial charge on any atom is 0.409 e. The molecule has 1 rings (SSSR count). The minimum atomic E-state index is -0.998. The number of primary amides is 1. The number of nitrogens with two attached hydrogens (primary N) is 1. The maximum absolute atomic E-state index is 13.5. The average molecular weight is 229 g/mol. The molecule has 0 fully saturated rings. The Morgan fingerprint density at radius 1 is 1.38 bits per heavy atom. The summed E-state index contributed by atoms with van der Waals surface area (Å²) < 4.78 is 27.8. The number of halogens is 1. The van der Waals surface area contributed by atoms with Gasteiger partial charge in [0.05, 0.1) is 0 Å². The molecule has 5 nitrogen and oxygen atoms in total. The summed E-state index contributed by atoms with van der Waals surface area (Å²) in [5, 5.41) is 0. The fraction of sp³-hybridized carbons (Fsp3) is 0.300. The number of rotatable bonds is 4. The van der Waals surface area contributed by atoms with Gasteiger partial charge in [0.15, 0.2) is 6.29 Å². The molecule has 0 atom stereocenters. The second-order valence-corrected chi connectivity index (χ2v) is 2.91. The van der Waals surface area contributed by atoms with Crippen LogP contribution in [0.1, 0.15) is 11.9 Å². The average Bonchev–Trinajstić information content (AvgIpc) is 2.21.